The van der Waals surface area contributed by atoms with Gasteiger partial charge < -0.3 is 14.0 Å². The molecule has 0 saturated carbocycles. The zero-order valence-electron chi connectivity index (χ0n) is 20.8. The quantitative estimate of drug-likeness (QED) is 0.211. The van der Waals surface area contributed by atoms with E-state index in [0.29, 0.717) is 6.42 Å². The van der Waals surface area contributed by atoms with Crippen LogP contribution in [0.15, 0.2) is 24.8 Å². The highest BCUT2D eigenvalue weighted by Gasteiger charge is 2.43. The van der Waals surface area contributed by atoms with Gasteiger partial charge in [0.1, 0.15) is 6.10 Å². The molecular formula is C23H44O5Si2. The lowest BCUT2D eigenvalue weighted by molar-refractivity contribution is -0.132. The van der Waals surface area contributed by atoms with Crippen LogP contribution in [0.4, 0.5) is 0 Å². The van der Waals surface area contributed by atoms with Gasteiger partial charge in [0.15, 0.2) is 22.4 Å². The first-order valence-corrected chi connectivity index (χ1v) is 16.6. The minimum absolute atomic E-state index is 0.0441. The Morgan fingerprint density at radius 1 is 0.933 bits per heavy atom. The van der Waals surface area contributed by atoms with Gasteiger partial charge >= 0.3 is 5.97 Å². The predicted molar refractivity (Wildman–Crippen MR) is 130 cm³/mol. The summed E-state index contributed by atoms with van der Waals surface area (Å²) >= 11 is 0. The Bertz CT molecular complexity index is 624. The van der Waals surface area contributed by atoms with Gasteiger partial charge in [-0.05, 0) is 55.2 Å². The molecule has 0 aromatic carbocycles. The minimum Gasteiger partial charge on any atom is -0.478 e. The van der Waals surface area contributed by atoms with Crippen molar-refractivity contribution in [1.29, 1.82) is 0 Å². The van der Waals surface area contributed by atoms with Crippen molar-refractivity contribution >= 4 is 28.4 Å². The molecule has 2 atom stereocenters. The fraction of sp³-hybridized carbons (Fsp3) is 0.739. The summed E-state index contributed by atoms with van der Waals surface area (Å²) in [6.45, 7) is 25.3. The van der Waals surface area contributed by atoms with Crippen LogP contribution in [0.2, 0.25) is 36.3 Å². The number of carboxylic acid groups (broad SMARTS) is 1. The van der Waals surface area contributed by atoms with E-state index in [1.165, 1.54) is 0 Å². The maximum atomic E-state index is 12.9. The van der Waals surface area contributed by atoms with Crippen LogP contribution in [0.25, 0.3) is 0 Å². The number of hydrogen-bond donors (Lipinski definition) is 1. The van der Waals surface area contributed by atoms with Crippen LogP contribution < -0.4 is 0 Å². The van der Waals surface area contributed by atoms with Crippen LogP contribution in [-0.2, 0) is 18.4 Å². The highest BCUT2D eigenvalue weighted by Crippen LogP contribution is 2.40. The van der Waals surface area contributed by atoms with Gasteiger partial charge in [-0.1, -0.05) is 47.6 Å². The minimum atomic E-state index is -2.25. The van der Waals surface area contributed by atoms with Crippen LogP contribution >= 0.6 is 0 Å². The monoisotopic (exact) mass is 456 g/mol. The highest BCUT2D eigenvalue weighted by atomic mass is 28.4. The Morgan fingerprint density at radius 3 is 1.80 bits per heavy atom. The van der Waals surface area contributed by atoms with Gasteiger partial charge in [-0.3, -0.25) is 4.79 Å². The van der Waals surface area contributed by atoms with E-state index in [2.05, 4.69) is 74.3 Å². The molecule has 0 aliphatic heterocycles. The van der Waals surface area contributed by atoms with Gasteiger partial charge in [0.25, 0.3) is 0 Å². The molecule has 0 fully saturated rings. The fourth-order valence-corrected chi connectivity index (χ4v) is 5.05. The summed E-state index contributed by atoms with van der Waals surface area (Å²) in [5, 5.41) is 8.92. The lowest BCUT2D eigenvalue weighted by atomic mass is 10.0. The number of carbonyl (C=O) groups excluding carboxylic acids is 1. The Morgan fingerprint density at radius 2 is 1.40 bits per heavy atom. The van der Waals surface area contributed by atoms with Gasteiger partial charge in [-0.15, -0.1) is 6.58 Å². The van der Waals surface area contributed by atoms with E-state index in [0.717, 1.165) is 25.0 Å². The number of hydrogen-bond acceptors (Lipinski definition) is 4. The summed E-state index contributed by atoms with van der Waals surface area (Å²) in [4.78, 5) is 23.8. The van der Waals surface area contributed by atoms with Gasteiger partial charge in [0.05, 0.1) is 0 Å². The lowest BCUT2D eigenvalue weighted by Gasteiger charge is -2.42. The number of carbonyl (C=O) groups is 2. The Balaban J connectivity index is 5.87. The number of allylic oxidation sites excluding steroid dienone is 1. The molecule has 0 unspecified atom stereocenters. The van der Waals surface area contributed by atoms with Crippen LogP contribution in [0.1, 0.15) is 60.8 Å². The lowest BCUT2D eigenvalue weighted by Crippen LogP contribution is -2.48. The second kappa shape index (κ2) is 11.0. The van der Waals surface area contributed by atoms with Gasteiger partial charge in [-0.25, -0.2) is 4.79 Å². The highest BCUT2D eigenvalue weighted by molar-refractivity contribution is 6.74. The van der Waals surface area contributed by atoms with Crippen molar-refractivity contribution in [2.24, 2.45) is 0 Å². The van der Waals surface area contributed by atoms with Crippen LogP contribution in [0.3, 0.4) is 0 Å². The number of rotatable bonds is 12. The van der Waals surface area contributed by atoms with Crippen LogP contribution in [0, 0.1) is 0 Å². The second-order valence-electron chi connectivity index (χ2n) is 11.0. The maximum Gasteiger partial charge on any atom is 0.328 e. The van der Waals surface area contributed by atoms with Gasteiger partial charge in [0, 0.05) is 18.6 Å². The molecule has 0 aromatic heterocycles. The molecule has 1 N–H and O–H groups in total. The largest absolute Gasteiger partial charge is 0.478 e. The summed E-state index contributed by atoms with van der Waals surface area (Å²) in [5.74, 6) is -1.46. The molecule has 7 heteroatoms. The molecule has 174 valence electrons. The molecule has 0 bridgehead atoms. The van der Waals surface area contributed by atoms with Crippen molar-refractivity contribution in [1.82, 2.24) is 0 Å². The van der Waals surface area contributed by atoms with Crippen molar-refractivity contribution in [3.63, 3.8) is 0 Å². The van der Waals surface area contributed by atoms with Crippen molar-refractivity contribution in [3.05, 3.63) is 24.8 Å². The van der Waals surface area contributed by atoms with E-state index >= 15 is 0 Å². The molecule has 30 heavy (non-hydrogen) atoms. The van der Waals surface area contributed by atoms with E-state index in [9.17, 15) is 9.59 Å². The Kier molecular flexibility index (Phi) is 10.6. The average Bonchev–Trinajstić information content (AvgIpc) is 2.54. The fourth-order valence-electron chi connectivity index (χ4n) is 2.38. The molecule has 0 aliphatic rings. The normalized spacial score (nSPS) is 15.8. The van der Waals surface area contributed by atoms with Crippen molar-refractivity contribution in [2.45, 2.75) is 109 Å². The first-order chi connectivity index (χ1) is 13.3. The van der Waals surface area contributed by atoms with Crippen LogP contribution in [0.5, 0.6) is 0 Å². The third kappa shape index (κ3) is 9.41. The van der Waals surface area contributed by atoms with E-state index in [4.69, 9.17) is 14.0 Å². The molecule has 0 amide bonds. The average molecular weight is 457 g/mol. The third-order valence-electron chi connectivity index (χ3n) is 6.39. The smallest absolute Gasteiger partial charge is 0.328 e. The van der Waals surface area contributed by atoms with Crippen LogP contribution in [-0.4, -0.2) is 45.7 Å². The number of carboxylic acids is 1. The second-order valence-corrected chi connectivity index (χ2v) is 20.6. The van der Waals surface area contributed by atoms with E-state index in [1.807, 2.05) is 6.08 Å². The molecular weight excluding hydrogens is 412 g/mol. The molecule has 0 heterocycles. The zero-order valence-corrected chi connectivity index (χ0v) is 22.8. The Hall–Kier alpha value is -1.03. The summed E-state index contributed by atoms with van der Waals surface area (Å²) in [6.07, 6.45) is 4.94. The van der Waals surface area contributed by atoms with E-state index in [1.54, 1.807) is 0 Å². The summed E-state index contributed by atoms with van der Waals surface area (Å²) in [6, 6.07) is 0. The predicted octanol–water partition coefficient (Wildman–Crippen LogP) is 6.33. The molecule has 0 aliphatic carbocycles. The first-order valence-electron chi connectivity index (χ1n) is 10.8. The third-order valence-corrected chi connectivity index (χ3v) is 15.4. The molecule has 0 rings (SSSR count). The number of aliphatic carboxylic acids is 1. The summed E-state index contributed by atoms with van der Waals surface area (Å²) in [7, 11) is -4.30. The zero-order chi connectivity index (χ0) is 24.0. The first kappa shape index (κ1) is 29.0. The molecule has 5 nitrogen and oxygen atoms in total. The number of ketones is 1. The van der Waals surface area contributed by atoms with Crippen molar-refractivity contribution < 1.29 is 23.5 Å². The summed E-state index contributed by atoms with van der Waals surface area (Å²) in [5.41, 5.74) is 0. The Labute approximate surface area is 186 Å². The van der Waals surface area contributed by atoms with Crippen molar-refractivity contribution in [2.75, 3.05) is 0 Å². The van der Waals surface area contributed by atoms with Crippen molar-refractivity contribution in [3.8, 4) is 0 Å². The summed E-state index contributed by atoms with van der Waals surface area (Å²) < 4.78 is 13.1. The molecule has 0 aromatic rings. The van der Waals surface area contributed by atoms with Gasteiger partial charge in [0.2, 0.25) is 0 Å². The standard InChI is InChI=1S/C23H44O5Si2/c1-12-13-14-18(27-29(8,9)22(2,3)4)17-20(19(24)15-16-21(25)26)28-30(10,11)23(5,6)7/h12,15-16,18,20H,1,13-14,17H2,2-11H3,(H,25,26)/b16-15+/t18-,20+/m1/s1. The maximum absolute atomic E-state index is 12.9. The molecule has 0 saturated heterocycles. The molecule has 0 spiro atoms. The topological polar surface area (TPSA) is 72.8 Å². The van der Waals surface area contributed by atoms with E-state index < -0.39 is 28.7 Å². The SMILES string of the molecule is C=CCC[C@H](C[C@H](O[Si](C)(C)C(C)(C)C)C(=O)/C=C/C(=O)O)O[Si](C)(C)C(C)(C)C. The molecule has 0 radical (unpaired) electrons. The van der Waals surface area contributed by atoms with E-state index in [-0.39, 0.29) is 22.0 Å². The van der Waals surface area contributed by atoms with Gasteiger partial charge in [-0.2, -0.15) is 0 Å².